The number of nitrogens with one attached hydrogen (secondary N) is 3. The number of carbonyl (C=O) groups excluding carboxylic acids is 3. The summed E-state index contributed by atoms with van der Waals surface area (Å²) < 4.78 is 13.3. The first-order valence-corrected chi connectivity index (χ1v) is 12.6. The van der Waals surface area contributed by atoms with Crippen molar-refractivity contribution in [1.82, 2.24) is 15.6 Å². The van der Waals surface area contributed by atoms with Gasteiger partial charge in [0.15, 0.2) is 11.6 Å². The molecule has 0 radical (unpaired) electrons. The number of likely N-dealkylation sites (N-methyl/N-ethyl adjacent to an activating group) is 1. The lowest BCUT2D eigenvalue weighted by Crippen LogP contribution is -2.53. The fraction of sp³-hybridized carbons (Fsp3) is 0.464. The number of carbonyl (C=O) groups is 3. The number of ketones is 2. The molecule has 0 aliphatic heterocycles. The molecule has 0 spiro atoms. The van der Waals surface area contributed by atoms with Gasteiger partial charge in [0.2, 0.25) is 5.91 Å². The van der Waals surface area contributed by atoms with Crippen LogP contribution in [0.15, 0.2) is 42.7 Å². The Kier molecular flexibility index (Phi) is 9.58. The lowest BCUT2D eigenvalue weighted by atomic mass is 9.78. The molecule has 1 aliphatic rings. The van der Waals surface area contributed by atoms with Gasteiger partial charge in [-0.25, -0.2) is 4.39 Å². The summed E-state index contributed by atoms with van der Waals surface area (Å²) in [5.74, 6) is -1.99. The molecule has 3 rings (SSSR count). The van der Waals surface area contributed by atoms with E-state index >= 15 is 0 Å². The van der Waals surface area contributed by atoms with Gasteiger partial charge in [0.05, 0.1) is 17.8 Å². The maximum Gasteiger partial charge on any atom is 0.237 e. The number of halogens is 1. The second-order valence-corrected chi connectivity index (χ2v) is 9.48. The standard InChI is InChI=1S/C28H35FN4O3/c1-4-23(20-14-21(16-32-15-20)26(34)19-10-12-22(29)13-11-19)24(30)27(35)25(18-8-6-5-7-9-18)33-28(36)17(2)31-3/h10-18,23,25,30-31H,4-9H2,1-3H3,(H,33,36)/t17-,23-,25-/m0/s1. The molecule has 1 aromatic carbocycles. The zero-order valence-corrected chi connectivity index (χ0v) is 21.1. The second-order valence-electron chi connectivity index (χ2n) is 9.48. The van der Waals surface area contributed by atoms with Crippen LogP contribution in [0.2, 0.25) is 0 Å². The lowest BCUT2D eigenvalue weighted by molar-refractivity contribution is -0.127. The maximum absolute atomic E-state index is 13.7. The molecule has 1 fully saturated rings. The molecule has 3 N–H and O–H groups in total. The molecule has 1 saturated carbocycles. The van der Waals surface area contributed by atoms with Crippen molar-refractivity contribution in [3.63, 3.8) is 0 Å². The van der Waals surface area contributed by atoms with Crippen LogP contribution in [0, 0.1) is 17.1 Å². The quantitative estimate of drug-likeness (QED) is 0.320. The van der Waals surface area contributed by atoms with Crippen molar-refractivity contribution in [3.8, 4) is 0 Å². The molecule has 1 aromatic heterocycles. The van der Waals surface area contributed by atoms with Crippen molar-refractivity contribution in [2.75, 3.05) is 7.05 Å². The first-order chi connectivity index (χ1) is 17.3. The molecular weight excluding hydrogens is 459 g/mol. The van der Waals surface area contributed by atoms with Crippen LogP contribution in [-0.2, 0) is 9.59 Å². The highest BCUT2D eigenvalue weighted by molar-refractivity contribution is 6.42. The SMILES string of the molecule is CC[C@H](C(=N)C(=O)[C@@H](NC(=O)[C@H](C)NC)C1CCCCC1)c1cncc(C(=O)c2ccc(F)cc2)c1. The number of nitrogens with zero attached hydrogens (tertiary/aromatic N) is 1. The number of aromatic nitrogens is 1. The van der Waals surface area contributed by atoms with Crippen molar-refractivity contribution >= 4 is 23.2 Å². The molecular formula is C28H35FN4O3. The average molecular weight is 495 g/mol. The normalized spacial score (nSPS) is 16.6. The highest BCUT2D eigenvalue weighted by Crippen LogP contribution is 2.29. The molecule has 3 atom stereocenters. The third-order valence-corrected chi connectivity index (χ3v) is 7.08. The Bertz CT molecular complexity index is 1100. The van der Waals surface area contributed by atoms with E-state index in [1.54, 1.807) is 26.2 Å². The Hall–Kier alpha value is -3.26. The summed E-state index contributed by atoms with van der Waals surface area (Å²) in [4.78, 5) is 43.4. The van der Waals surface area contributed by atoms with Crippen molar-refractivity contribution in [3.05, 3.63) is 65.2 Å². The van der Waals surface area contributed by atoms with Gasteiger partial charge in [0.1, 0.15) is 5.82 Å². The van der Waals surface area contributed by atoms with Crippen LogP contribution in [-0.4, -0.2) is 47.3 Å². The summed E-state index contributed by atoms with van der Waals surface area (Å²) in [6.45, 7) is 3.60. The molecule has 0 saturated heterocycles. The summed E-state index contributed by atoms with van der Waals surface area (Å²) in [5, 5.41) is 14.6. The summed E-state index contributed by atoms with van der Waals surface area (Å²) in [5.41, 5.74) is 1.12. The van der Waals surface area contributed by atoms with Crippen LogP contribution in [0.5, 0.6) is 0 Å². The Morgan fingerprint density at radius 1 is 1.08 bits per heavy atom. The van der Waals surface area contributed by atoms with Crippen LogP contribution in [0.4, 0.5) is 4.39 Å². The first-order valence-electron chi connectivity index (χ1n) is 12.6. The monoisotopic (exact) mass is 494 g/mol. The molecule has 1 aliphatic carbocycles. The largest absolute Gasteiger partial charge is 0.344 e. The van der Waals surface area contributed by atoms with Gasteiger partial charge in [-0.1, -0.05) is 26.2 Å². The summed E-state index contributed by atoms with van der Waals surface area (Å²) >= 11 is 0. The molecule has 36 heavy (non-hydrogen) atoms. The van der Waals surface area contributed by atoms with E-state index in [1.807, 2.05) is 6.92 Å². The first kappa shape index (κ1) is 27.3. The van der Waals surface area contributed by atoms with Gasteiger partial charge in [0, 0.05) is 29.4 Å². The molecule has 0 bridgehead atoms. The van der Waals surface area contributed by atoms with E-state index in [-0.39, 0.29) is 29.1 Å². The minimum atomic E-state index is -0.757. The number of benzene rings is 1. The predicted molar refractivity (Wildman–Crippen MR) is 137 cm³/mol. The Morgan fingerprint density at radius 2 is 1.75 bits per heavy atom. The van der Waals surface area contributed by atoms with Crippen LogP contribution >= 0.6 is 0 Å². The fourth-order valence-corrected chi connectivity index (χ4v) is 4.76. The number of amides is 1. The van der Waals surface area contributed by atoms with Crippen molar-refractivity contribution in [2.45, 2.75) is 70.4 Å². The molecule has 192 valence electrons. The molecule has 1 heterocycles. The number of pyridine rings is 1. The van der Waals surface area contributed by atoms with E-state index in [2.05, 4.69) is 15.6 Å². The molecule has 7 nitrogen and oxygen atoms in total. The molecule has 2 aromatic rings. The lowest BCUT2D eigenvalue weighted by Gasteiger charge is -2.32. The minimum absolute atomic E-state index is 0.0124. The summed E-state index contributed by atoms with van der Waals surface area (Å²) in [6.07, 6.45) is 8.20. The Labute approximate surface area is 211 Å². The fourth-order valence-electron chi connectivity index (χ4n) is 4.76. The van der Waals surface area contributed by atoms with E-state index in [1.165, 1.54) is 30.5 Å². The number of hydrogen-bond acceptors (Lipinski definition) is 6. The number of Topliss-reactive ketones (excluding diaryl/α,β-unsaturated/α-hetero) is 1. The zero-order valence-electron chi connectivity index (χ0n) is 21.1. The van der Waals surface area contributed by atoms with Crippen molar-refractivity contribution in [2.24, 2.45) is 5.92 Å². The van der Waals surface area contributed by atoms with E-state index in [0.717, 1.165) is 32.1 Å². The zero-order chi connectivity index (χ0) is 26.2. The van der Waals surface area contributed by atoms with Gasteiger partial charge >= 0.3 is 0 Å². The van der Waals surface area contributed by atoms with Gasteiger partial charge < -0.3 is 16.0 Å². The summed E-state index contributed by atoms with van der Waals surface area (Å²) in [6, 6.07) is 5.70. The minimum Gasteiger partial charge on any atom is -0.344 e. The van der Waals surface area contributed by atoms with Crippen molar-refractivity contribution in [1.29, 1.82) is 5.41 Å². The van der Waals surface area contributed by atoms with E-state index < -0.39 is 23.8 Å². The average Bonchev–Trinajstić information content (AvgIpc) is 2.91. The highest BCUT2D eigenvalue weighted by atomic mass is 19.1. The smallest absolute Gasteiger partial charge is 0.237 e. The molecule has 1 amide bonds. The number of hydrogen-bond donors (Lipinski definition) is 3. The van der Waals surface area contributed by atoms with Gasteiger partial charge in [-0.3, -0.25) is 19.4 Å². The van der Waals surface area contributed by atoms with Crippen molar-refractivity contribution < 1.29 is 18.8 Å². The maximum atomic E-state index is 13.7. The van der Waals surface area contributed by atoms with Crippen LogP contribution in [0.3, 0.4) is 0 Å². The third kappa shape index (κ3) is 6.49. The Morgan fingerprint density at radius 3 is 2.36 bits per heavy atom. The predicted octanol–water partition coefficient (Wildman–Crippen LogP) is 4.21. The van der Waals surface area contributed by atoms with Gasteiger partial charge in [-0.05, 0) is 75.0 Å². The van der Waals surface area contributed by atoms with Crippen LogP contribution in [0.25, 0.3) is 0 Å². The molecule has 0 unspecified atom stereocenters. The van der Waals surface area contributed by atoms with Gasteiger partial charge in [-0.2, -0.15) is 0 Å². The third-order valence-electron chi connectivity index (χ3n) is 7.08. The van der Waals surface area contributed by atoms with Crippen LogP contribution < -0.4 is 10.6 Å². The summed E-state index contributed by atoms with van der Waals surface area (Å²) in [7, 11) is 1.68. The van der Waals surface area contributed by atoms with E-state index in [0.29, 0.717) is 23.1 Å². The highest BCUT2D eigenvalue weighted by Gasteiger charge is 2.36. The number of rotatable bonds is 11. The van der Waals surface area contributed by atoms with Gasteiger partial charge in [0.25, 0.3) is 0 Å². The van der Waals surface area contributed by atoms with E-state index in [4.69, 9.17) is 5.41 Å². The van der Waals surface area contributed by atoms with Crippen LogP contribution in [0.1, 0.15) is 79.8 Å². The second kappa shape index (κ2) is 12.6. The van der Waals surface area contributed by atoms with Gasteiger partial charge in [-0.15, -0.1) is 0 Å². The van der Waals surface area contributed by atoms with E-state index in [9.17, 15) is 18.8 Å². The molecule has 8 heteroatoms. The Balaban J connectivity index is 1.85. The topological polar surface area (TPSA) is 112 Å².